The number of likely N-dealkylation sites (N-methyl/N-ethyl adjacent to an activating group) is 1. The highest BCUT2D eigenvalue weighted by Crippen LogP contribution is 2.25. The monoisotopic (exact) mass is 531 g/mol. The van der Waals surface area contributed by atoms with Crippen LogP contribution in [0.25, 0.3) is 0 Å². The molecular weight excluding hydrogens is 504 g/mol. The zero-order valence-electron chi connectivity index (χ0n) is 19.2. The molecular formula is C23H28Cl2FN3O4S. The Balaban J connectivity index is 2.20. The maximum absolute atomic E-state index is 13.3. The molecule has 0 aliphatic rings. The van der Waals surface area contributed by atoms with Gasteiger partial charge in [0.25, 0.3) is 0 Å². The van der Waals surface area contributed by atoms with Gasteiger partial charge in [0.1, 0.15) is 11.9 Å². The predicted molar refractivity (Wildman–Crippen MR) is 133 cm³/mol. The molecule has 1 atom stereocenters. The molecule has 0 unspecified atom stereocenters. The van der Waals surface area contributed by atoms with Gasteiger partial charge in [0, 0.05) is 26.6 Å². The Labute approximate surface area is 209 Å². The number of carbonyl (C=O) groups is 2. The van der Waals surface area contributed by atoms with E-state index in [-0.39, 0.29) is 37.7 Å². The van der Waals surface area contributed by atoms with Gasteiger partial charge in [0.15, 0.2) is 0 Å². The van der Waals surface area contributed by atoms with Crippen molar-refractivity contribution >= 4 is 50.7 Å². The maximum Gasteiger partial charge on any atom is 0.242 e. The first-order valence-electron chi connectivity index (χ1n) is 10.7. The molecule has 34 heavy (non-hydrogen) atoms. The van der Waals surface area contributed by atoms with Crippen LogP contribution in [0.4, 0.5) is 10.1 Å². The van der Waals surface area contributed by atoms with Crippen molar-refractivity contribution in [3.8, 4) is 0 Å². The number of nitrogens with one attached hydrogen (secondary N) is 1. The SMILES string of the molecule is CC[C@H](C(=O)NC)N(Cc1ccc(Cl)c(Cl)c1)C(=O)CCCN(c1ccc(F)cc1)S(C)(=O)=O. The number of nitrogens with zero attached hydrogens (tertiary/aromatic N) is 2. The molecule has 0 aliphatic heterocycles. The van der Waals surface area contributed by atoms with Crippen LogP contribution >= 0.6 is 23.2 Å². The van der Waals surface area contributed by atoms with Crippen molar-refractivity contribution in [2.24, 2.45) is 0 Å². The molecule has 0 saturated carbocycles. The van der Waals surface area contributed by atoms with Gasteiger partial charge in [0.05, 0.1) is 22.0 Å². The van der Waals surface area contributed by atoms with Crippen molar-refractivity contribution < 1.29 is 22.4 Å². The number of halogens is 3. The highest BCUT2D eigenvalue weighted by Gasteiger charge is 2.28. The molecule has 0 fully saturated rings. The molecule has 2 aromatic carbocycles. The largest absolute Gasteiger partial charge is 0.357 e. The Morgan fingerprint density at radius 1 is 1.09 bits per heavy atom. The molecule has 2 amide bonds. The lowest BCUT2D eigenvalue weighted by Gasteiger charge is -2.31. The molecule has 0 heterocycles. The molecule has 186 valence electrons. The fourth-order valence-corrected chi connectivity index (χ4v) is 4.82. The summed E-state index contributed by atoms with van der Waals surface area (Å²) in [5.74, 6) is -1.10. The third kappa shape index (κ3) is 7.58. The van der Waals surface area contributed by atoms with Crippen molar-refractivity contribution in [3.63, 3.8) is 0 Å². The standard InChI is InChI=1S/C23H28Cl2FN3O4S/c1-4-21(23(31)27-2)28(15-16-7-12-19(24)20(25)14-16)22(30)6-5-13-29(34(3,32)33)18-10-8-17(26)9-11-18/h7-12,14,21H,4-6,13,15H2,1-3H3,(H,27,31)/t21-/m1/s1. The summed E-state index contributed by atoms with van der Waals surface area (Å²) < 4.78 is 38.9. The molecule has 0 radical (unpaired) electrons. The third-order valence-electron chi connectivity index (χ3n) is 5.24. The van der Waals surface area contributed by atoms with Crippen molar-refractivity contribution in [1.29, 1.82) is 0 Å². The normalized spacial score (nSPS) is 12.2. The lowest BCUT2D eigenvalue weighted by atomic mass is 10.1. The van der Waals surface area contributed by atoms with Crippen LogP contribution in [0, 0.1) is 5.82 Å². The highest BCUT2D eigenvalue weighted by molar-refractivity contribution is 7.92. The third-order valence-corrected chi connectivity index (χ3v) is 7.17. The van der Waals surface area contributed by atoms with E-state index in [4.69, 9.17) is 23.2 Å². The Morgan fingerprint density at radius 3 is 2.26 bits per heavy atom. The Kier molecular flexibility index (Phi) is 10.1. The van der Waals surface area contributed by atoms with Gasteiger partial charge >= 0.3 is 0 Å². The van der Waals surface area contributed by atoms with Gasteiger partial charge < -0.3 is 10.2 Å². The Bertz CT molecular complexity index is 1110. The van der Waals surface area contributed by atoms with E-state index in [0.717, 1.165) is 10.6 Å². The van der Waals surface area contributed by atoms with E-state index in [0.29, 0.717) is 27.7 Å². The summed E-state index contributed by atoms with van der Waals surface area (Å²) in [4.78, 5) is 27.1. The first-order valence-corrected chi connectivity index (χ1v) is 13.3. The number of hydrogen-bond donors (Lipinski definition) is 1. The smallest absolute Gasteiger partial charge is 0.242 e. The highest BCUT2D eigenvalue weighted by atomic mass is 35.5. The molecule has 11 heteroatoms. The number of anilines is 1. The molecule has 1 N–H and O–H groups in total. The van der Waals surface area contributed by atoms with Crippen LogP contribution in [0.15, 0.2) is 42.5 Å². The summed E-state index contributed by atoms with van der Waals surface area (Å²) in [5, 5.41) is 3.29. The second kappa shape index (κ2) is 12.4. The van der Waals surface area contributed by atoms with Crippen LogP contribution in [0.1, 0.15) is 31.7 Å². The van der Waals surface area contributed by atoms with Gasteiger partial charge in [-0.15, -0.1) is 0 Å². The minimum atomic E-state index is -3.65. The lowest BCUT2D eigenvalue weighted by Crippen LogP contribution is -2.48. The van der Waals surface area contributed by atoms with Crippen LogP contribution < -0.4 is 9.62 Å². The molecule has 0 bridgehead atoms. The first kappa shape index (κ1) is 27.9. The van der Waals surface area contributed by atoms with Crippen LogP contribution in [-0.2, 0) is 26.2 Å². The van der Waals surface area contributed by atoms with E-state index < -0.39 is 21.9 Å². The van der Waals surface area contributed by atoms with Crippen LogP contribution in [0.5, 0.6) is 0 Å². The number of benzene rings is 2. The van der Waals surface area contributed by atoms with E-state index in [1.807, 2.05) is 0 Å². The maximum atomic E-state index is 13.3. The fourth-order valence-electron chi connectivity index (χ4n) is 3.53. The number of rotatable bonds is 11. The quantitative estimate of drug-likeness (QED) is 0.469. The number of sulfonamides is 1. The van der Waals surface area contributed by atoms with Crippen molar-refractivity contribution in [1.82, 2.24) is 10.2 Å². The summed E-state index contributed by atoms with van der Waals surface area (Å²) in [6.07, 6.45) is 1.64. The summed E-state index contributed by atoms with van der Waals surface area (Å²) in [6, 6.07) is 9.36. The summed E-state index contributed by atoms with van der Waals surface area (Å²) >= 11 is 12.1. The van der Waals surface area contributed by atoms with E-state index in [2.05, 4.69) is 5.32 Å². The van der Waals surface area contributed by atoms with Gasteiger partial charge in [-0.2, -0.15) is 0 Å². The van der Waals surface area contributed by atoms with Gasteiger partial charge in [0.2, 0.25) is 21.8 Å². The van der Waals surface area contributed by atoms with Crippen LogP contribution in [0.2, 0.25) is 10.0 Å². The molecule has 0 spiro atoms. The molecule has 2 rings (SSSR count). The minimum absolute atomic E-state index is 0.00201. The zero-order valence-corrected chi connectivity index (χ0v) is 21.6. The van der Waals surface area contributed by atoms with Gasteiger partial charge in [-0.25, -0.2) is 12.8 Å². The summed E-state index contributed by atoms with van der Waals surface area (Å²) in [5.41, 5.74) is 1.01. The second-order valence-electron chi connectivity index (χ2n) is 7.72. The van der Waals surface area contributed by atoms with E-state index in [1.165, 1.54) is 36.2 Å². The zero-order chi connectivity index (χ0) is 25.5. The van der Waals surface area contributed by atoms with Gasteiger partial charge in [-0.1, -0.05) is 36.2 Å². The second-order valence-corrected chi connectivity index (χ2v) is 10.4. The van der Waals surface area contributed by atoms with Crippen molar-refractivity contribution in [3.05, 3.63) is 63.9 Å². The van der Waals surface area contributed by atoms with Crippen LogP contribution in [-0.4, -0.2) is 51.0 Å². The fraction of sp³-hybridized carbons (Fsp3) is 0.391. The Morgan fingerprint density at radius 2 is 1.74 bits per heavy atom. The molecule has 0 saturated heterocycles. The summed E-state index contributed by atoms with van der Waals surface area (Å²) in [6.45, 7) is 1.96. The van der Waals surface area contributed by atoms with E-state index >= 15 is 0 Å². The number of hydrogen-bond acceptors (Lipinski definition) is 4. The molecule has 0 aromatic heterocycles. The van der Waals surface area contributed by atoms with Gasteiger partial charge in [-0.3, -0.25) is 13.9 Å². The van der Waals surface area contributed by atoms with E-state index in [9.17, 15) is 22.4 Å². The predicted octanol–water partition coefficient (Wildman–Crippen LogP) is 4.23. The van der Waals surface area contributed by atoms with Gasteiger partial charge in [-0.05, 0) is 54.8 Å². The van der Waals surface area contributed by atoms with Crippen LogP contribution in [0.3, 0.4) is 0 Å². The van der Waals surface area contributed by atoms with Crippen molar-refractivity contribution in [2.45, 2.75) is 38.8 Å². The Hall–Kier alpha value is -2.36. The minimum Gasteiger partial charge on any atom is -0.357 e. The topological polar surface area (TPSA) is 86.8 Å². The number of carbonyl (C=O) groups excluding carboxylic acids is 2. The lowest BCUT2D eigenvalue weighted by molar-refractivity contribution is -0.141. The average molecular weight is 532 g/mol. The summed E-state index contributed by atoms with van der Waals surface area (Å²) in [7, 11) is -2.15. The average Bonchev–Trinajstić information content (AvgIpc) is 2.78. The van der Waals surface area contributed by atoms with Crippen molar-refractivity contribution in [2.75, 3.05) is 24.2 Å². The molecule has 7 nitrogen and oxygen atoms in total. The molecule has 0 aliphatic carbocycles. The first-order chi connectivity index (χ1) is 16.0. The molecule has 2 aromatic rings. The van der Waals surface area contributed by atoms with E-state index in [1.54, 1.807) is 25.1 Å². The number of amides is 2.